The Bertz CT molecular complexity index is 678. The number of nitrogens with zero attached hydrogens (tertiary/aromatic N) is 3. The molecule has 0 fully saturated rings. The number of halogens is 1. The molecule has 0 spiro atoms. The lowest BCUT2D eigenvalue weighted by Gasteiger charge is -1.98. The number of rotatable bonds is 1. The van der Waals surface area contributed by atoms with Gasteiger partial charge in [-0.1, -0.05) is 12.1 Å². The summed E-state index contributed by atoms with van der Waals surface area (Å²) in [6.07, 6.45) is 0. The lowest BCUT2D eigenvalue weighted by atomic mass is 10.1. The van der Waals surface area contributed by atoms with Crippen LogP contribution < -0.4 is 5.73 Å². The summed E-state index contributed by atoms with van der Waals surface area (Å²) in [5, 5.41) is 12.5. The van der Waals surface area contributed by atoms with Crippen molar-refractivity contribution in [1.29, 1.82) is 0 Å². The highest BCUT2D eigenvalue weighted by molar-refractivity contribution is 9.10. The molecule has 0 aliphatic rings. The number of aromatic amines is 1. The second-order valence-electron chi connectivity index (χ2n) is 3.82. The number of nitrogen functional groups attached to an aromatic ring is 1. The normalized spacial score (nSPS) is 11.2. The first-order valence-corrected chi connectivity index (χ1v) is 5.88. The van der Waals surface area contributed by atoms with Gasteiger partial charge in [-0.2, -0.15) is 10.2 Å². The molecule has 86 valence electrons. The zero-order valence-electron chi connectivity index (χ0n) is 9.11. The minimum absolute atomic E-state index is 0.636. The van der Waals surface area contributed by atoms with Crippen LogP contribution in [0.1, 0.15) is 0 Å². The topological polar surface area (TPSA) is 72.5 Å². The van der Waals surface area contributed by atoms with Gasteiger partial charge in [-0.25, -0.2) is 0 Å². The third kappa shape index (κ3) is 1.52. The minimum Gasteiger partial charge on any atom is -0.384 e. The number of hydrogen-bond acceptors (Lipinski definition) is 3. The van der Waals surface area contributed by atoms with Gasteiger partial charge in [0.1, 0.15) is 10.4 Å². The van der Waals surface area contributed by atoms with Gasteiger partial charge < -0.3 is 5.73 Å². The van der Waals surface area contributed by atoms with E-state index in [9.17, 15) is 0 Å². The van der Waals surface area contributed by atoms with Crippen LogP contribution in [0.3, 0.4) is 0 Å². The molecule has 0 amide bonds. The van der Waals surface area contributed by atoms with E-state index in [-0.39, 0.29) is 0 Å². The Kier molecular flexibility index (Phi) is 2.19. The Hall–Kier alpha value is -1.82. The van der Waals surface area contributed by atoms with Gasteiger partial charge >= 0.3 is 0 Å². The van der Waals surface area contributed by atoms with Crippen LogP contribution in [-0.4, -0.2) is 20.0 Å². The Morgan fingerprint density at radius 3 is 2.94 bits per heavy atom. The van der Waals surface area contributed by atoms with Crippen LogP contribution in [0.25, 0.3) is 22.2 Å². The number of fused-ring (bicyclic) bond motifs is 1. The zero-order valence-corrected chi connectivity index (χ0v) is 10.7. The van der Waals surface area contributed by atoms with Crippen molar-refractivity contribution in [3.8, 4) is 11.3 Å². The molecule has 0 saturated carbocycles. The molecule has 6 heteroatoms. The third-order valence-electron chi connectivity index (χ3n) is 2.73. The monoisotopic (exact) mass is 291 g/mol. The first kappa shape index (κ1) is 10.3. The maximum absolute atomic E-state index is 5.80. The number of hydrogen-bond donors (Lipinski definition) is 2. The Labute approximate surface area is 106 Å². The Balaban J connectivity index is 2.33. The summed E-state index contributed by atoms with van der Waals surface area (Å²) >= 11 is 3.46. The highest BCUT2D eigenvalue weighted by Gasteiger charge is 2.12. The Morgan fingerprint density at radius 1 is 1.41 bits per heavy atom. The van der Waals surface area contributed by atoms with Gasteiger partial charge in [-0.3, -0.25) is 9.78 Å². The SMILES string of the molecule is Cn1nc(-c2cccc3n[nH]c(Br)c23)cc1N. The largest absolute Gasteiger partial charge is 0.384 e. The highest BCUT2D eigenvalue weighted by Crippen LogP contribution is 2.32. The number of aryl methyl sites for hydroxylation is 1. The van der Waals surface area contributed by atoms with E-state index >= 15 is 0 Å². The van der Waals surface area contributed by atoms with Crippen molar-refractivity contribution < 1.29 is 0 Å². The molecule has 1 aromatic carbocycles. The summed E-state index contributed by atoms with van der Waals surface area (Å²) in [5.74, 6) is 0.636. The predicted octanol–water partition coefficient (Wildman–Crippen LogP) is 2.31. The van der Waals surface area contributed by atoms with Crippen molar-refractivity contribution in [3.05, 3.63) is 28.9 Å². The van der Waals surface area contributed by atoms with Gasteiger partial charge in [0.2, 0.25) is 0 Å². The predicted molar refractivity (Wildman–Crippen MR) is 70.4 cm³/mol. The zero-order chi connectivity index (χ0) is 12.0. The highest BCUT2D eigenvalue weighted by atomic mass is 79.9. The minimum atomic E-state index is 0.636. The first-order valence-electron chi connectivity index (χ1n) is 5.09. The first-order chi connectivity index (χ1) is 8.16. The molecular weight excluding hydrogens is 282 g/mol. The molecule has 3 N–H and O–H groups in total. The van der Waals surface area contributed by atoms with Crippen molar-refractivity contribution >= 4 is 32.7 Å². The van der Waals surface area contributed by atoms with Gasteiger partial charge in [0, 0.05) is 24.1 Å². The summed E-state index contributed by atoms with van der Waals surface area (Å²) in [4.78, 5) is 0. The maximum Gasteiger partial charge on any atom is 0.121 e. The number of nitrogens with two attached hydrogens (primary N) is 1. The standard InChI is InChI=1S/C11H10BrN5/c1-17-9(13)5-8(16-17)6-3-2-4-7-10(6)11(12)15-14-7/h2-5H,13H2,1H3,(H,14,15). The molecule has 2 aromatic heterocycles. The number of aromatic nitrogens is 4. The van der Waals surface area contributed by atoms with E-state index in [1.165, 1.54) is 0 Å². The molecule has 17 heavy (non-hydrogen) atoms. The summed E-state index contributed by atoms with van der Waals surface area (Å²) in [5.41, 5.74) is 8.56. The van der Waals surface area contributed by atoms with Gasteiger partial charge in [-0.15, -0.1) is 0 Å². The van der Waals surface area contributed by atoms with Crippen LogP contribution >= 0.6 is 15.9 Å². The van der Waals surface area contributed by atoms with Crippen molar-refractivity contribution in [2.45, 2.75) is 0 Å². The van der Waals surface area contributed by atoms with E-state index in [4.69, 9.17) is 5.73 Å². The van der Waals surface area contributed by atoms with Crippen molar-refractivity contribution in [2.75, 3.05) is 5.73 Å². The summed E-state index contributed by atoms with van der Waals surface area (Å²) in [6, 6.07) is 7.76. The van der Waals surface area contributed by atoms with E-state index in [1.807, 2.05) is 31.3 Å². The van der Waals surface area contributed by atoms with Crippen molar-refractivity contribution in [1.82, 2.24) is 20.0 Å². The molecule has 0 saturated heterocycles. The lowest BCUT2D eigenvalue weighted by Crippen LogP contribution is -1.96. The van der Waals surface area contributed by atoms with Crippen LogP contribution in [0.4, 0.5) is 5.82 Å². The molecule has 5 nitrogen and oxygen atoms in total. The van der Waals surface area contributed by atoms with Gasteiger partial charge in [0.05, 0.1) is 11.2 Å². The molecular formula is C11H10BrN5. The van der Waals surface area contributed by atoms with E-state index in [2.05, 4.69) is 31.2 Å². The molecule has 0 aliphatic heterocycles. The van der Waals surface area contributed by atoms with E-state index in [0.717, 1.165) is 26.8 Å². The number of nitrogens with one attached hydrogen (secondary N) is 1. The second kappa shape index (κ2) is 3.59. The number of H-pyrrole nitrogens is 1. The average molecular weight is 292 g/mol. The Morgan fingerprint density at radius 2 is 2.24 bits per heavy atom. The molecule has 3 rings (SSSR count). The lowest BCUT2D eigenvalue weighted by molar-refractivity contribution is 0.782. The second-order valence-corrected chi connectivity index (χ2v) is 4.61. The van der Waals surface area contributed by atoms with E-state index in [1.54, 1.807) is 4.68 Å². The van der Waals surface area contributed by atoms with Crippen molar-refractivity contribution in [2.24, 2.45) is 7.05 Å². The molecule has 0 bridgehead atoms. The van der Waals surface area contributed by atoms with E-state index < -0.39 is 0 Å². The summed E-state index contributed by atoms with van der Waals surface area (Å²) in [7, 11) is 1.82. The number of benzene rings is 1. The summed E-state index contributed by atoms with van der Waals surface area (Å²) in [6.45, 7) is 0. The quantitative estimate of drug-likeness (QED) is 0.723. The van der Waals surface area contributed by atoms with Crippen LogP contribution in [-0.2, 0) is 7.05 Å². The smallest absolute Gasteiger partial charge is 0.121 e. The van der Waals surface area contributed by atoms with Crippen LogP contribution in [0, 0.1) is 0 Å². The molecule has 0 aliphatic carbocycles. The number of anilines is 1. The third-order valence-corrected chi connectivity index (χ3v) is 3.30. The molecule has 3 aromatic rings. The average Bonchev–Trinajstić information content (AvgIpc) is 2.84. The van der Waals surface area contributed by atoms with Crippen LogP contribution in [0.2, 0.25) is 0 Å². The van der Waals surface area contributed by atoms with Gasteiger partial charge in [0.25, 0.3) is 0 Å². The fourth-order valence-electron chi connectivity index (χ4n) is 1.86. The molecule has 0 atom stereocenters. The maximum atomic E-state index is 5.80. The fourth-order valence-corrected chi connectivity index (χ4v) is 2.36. The van der Waals surface area contributed by atoms with E-state index in [0.29, 0.717) is 5.82 Å². The van der Waals surface area contributed by atoms with Crippen LogP contribution in [0.5, 0.6) is 0 Å². The van der Waals surface area contributed by atoms with Gasteiger partial charge in [0.15, 0.2) is 0 Å². The fraction of sp³-hybridized carbons (Fsp3) is 0.0909. The molecule has 2 heterocycles. The summed E-state index contributed by atoms with van der Waals surface area (Å²) < 4.78 is 2.51. The van der Waals surface area contributed by atoms with Gasteiger partial charge in [-0.05, 0) is 22.0 Å². The molecule has 0 radical (unpaired) electrons. The molecule has 0 unspecified atom stereocenters. The van der Waals surface area contributed by atoms with Crippen LogP contribution in [0.15, 0.2) is 28.9 Å². The van der Waals surface area contributed by atoms with Crippen molar-refractivity contribution in [3.63, 3.8) is 0 Å².